The van der Waals surface area contributed by atoms with Gasteiger partial charge in [0.25, 0.3) is 5.91 Å². The third-order valence-electron chi connectivity index (χ3n) is 4.95. The number of amides is 1. The van der Waals surface area contributed by atoms with E-state index in [1.807, 2.05) is 36.4 Å². The zero-order valence-electron chi connectivity index (χ0n) is 17.1. The number of nitrogens with zero attached hydrogens (tertiary/aromatic N) is 1. The van der Waals surface area contributed by atoms with Gasteiger partial charge in [-0.25, -0.2) is 0 Å². The van der Waals surface area contributed by atoms with Gasteiger partial charge >= 0.3 is 0 Å². The van der Waals surface area contributed by atoms with Gasteiger partial charge in [0, 0.05) is 10.6 Å². The molecule has 0 aliphatic carbocycles. The zero-order chi connectivity index (χ0) is 23.4. The predicted molar refractivity (Wildman–Crippen MR) is 131 cm³/mol. The van der Waals surface area contributed by atoms with Gasteiger partial charge in [0.15, 0.2) is 0 Å². The van der Waals surface area contributed by atoms with Crippen molar-refractivity contribution in [3.8, 4) is 5.75 Å². The lowest BCUT2D eigenvalue weighted by Crippen LogP contribution is -2.43. The smallest absolute Gasteiger partial charge is 0.267 e. The molecule has 1 aliphatic heterocycles. The first-order valence-electron chi connectivity index (χ1n) is 9.93. The van der Waals surface area contributed by atoms with Crippen molar-refractivity contribution in [2.45, 2.75) is 12.6 Å². The maximum Gasteiger partial charge on any atom is 0.267 e. The summed E-state index contributed by atoms with van der Waals surface area (Å²) in [6, 6.07) is 21.8. The van der Waals surface area contributed by atoms with E-state index >= 15 is 0 Å². The first-order valence-corrected chi connectivity index (χ1v) is 11.5. The monoisotopic (exact) mass is 494 g/mol. The van der Waals surface area contributed by atoms with E-state index in [4.69, 9.17) is 28.6 Å². The molecule has 0 spiro atoms. The third-order valence-corrected chi connectivity index (χ3v) is 6.65. The maximum absolute atomic E-state index is 13.0. The van der Waals surface area contributed by atoms with Gasteiger partial charge in [-0.2, -0.15) is 0 Å². The van der Waals surface area contributed by atoms with E-state index in [0.717, 1.165) is 27.8 Å². The molecule has 0 aromatic heterocycles. The van der Waals surface area contributed by atoms with Gasteiger partial charge in [-0.05, 0) is 35.4 Å². The Morgan fingerprint density at radius 2 is 1.73 bits per heavy atom. The Morgan fingerprint density at radius 3 is 2.39 bits per heavy atom. The van der Waals surface area contributed by atoms with Crippen molar-refractivity contribution < 1.29 is 19.4 Å². The van der Waals surface area contributed by atoms with Crippen molar-refractivity contribution in [1.29, 1.82) is 0 Å². The highest BCUT2D eigenvalue weighted by Gasteiger charge is 2.38. The fraction of sp³-hybridized carbons (Fsp3) is 0.0800. The molecule has 0 radical (unpaired) electrons. The van der Waals surface area contributed by atoms with Crippen LogP contribution in [0.3, 0.4) is 0 Å². The Kier molecular flexibility index (Phi) is 7.13. The van der Waals surface area contributed by atoms with Crippen LogP contribution in [0, 0.1) is 0 Å². The first kappa shape index (κ1) is 23.0. The van der Waals surface area contributed by atoms with E-state index in [1.165, 1.54) is 0 Å². The van der Waals surface area contributed by atoms with E-state index in [9.17, 15) is 14.7 Å². The highest BCUT2D eigenvalue weighted by molar-refractivity contribution is 8.26. The molecule has 166 valence electrons. The third kappa shape index (κ3) is 5.27. The minimum atomic E-state index is -1.39. The van der Waals surface area contributed by atoms with Crippen LogP contribution in [0.5, 0.6) is 5.75 Å². The lowest BCUT2D eigenvalue weighted by Gasteiger charge is -2.27. The number of carbonyl (C=O) groups excluding carboxylic acids is 2. The molecule has 0 bridgehead atoms. The molecular formula is C25H17ClNO4S2-. The predicted octanol–water partition coefficient (Wildman–Crippen LogP) is 4.61. The van der Waals surface area contributed by atoms with Crippen LogP contribution in [0.15, 0.2) is 83.8 Å². The lowest BCUT2D eigenvalue weighted by atomic mass is 10.1. The highest BCUT2D eigenvalue weighted by atomic mass is 35.5. The summed E-state index contributed by atoms with van der Waals surface area (Å²) >= 11 is 12.5. The van der Waals surface area contributed by atoms with Crippen LogP contribution in [-0.4, -0.2) is 21.1 Å². The van der Waals surface area contributed by atoms with Crippen LogP contribution in [0.25, 0.3) is 6.08 Å². The molecule has 0 unspecified atom stereocenters. The molecule has 1 fully saturated rings. The van der Waals surface area contributed by atoms with Gasteiger partial charge in [0.2, 0.25) is 0 Å². The number of ether oxygens (including phenoxy) is 1. The van der Waals surface area contributed by atoms with Crippen molar-refractivity contribution in [3.63, 3.8) is 0 Å². The molecule has 4 rings (SSSR count). The molecule has 8 heteroatoms. The molecule has 1 amide bonds. The van der Waals surface area contributed by atoms with Crippen LogP contribution >= 0.6 is 35.6 Å². The Morgan fingerprint density at radius 1 is 1.06 bits per heavy atom. The van der Waals surface area contributed by atoms with Gasteiger partial charge in [0.1, 0.15) is 22.7 Å². The largest absolute Gasteiger partial charge is 0.547 e. The fourth-order valence-electron chi connectivity index (χ4n) is 3.32. The Balaban J connectivity index is 1.49. The second-order valence-electron chi connectivity index (χ2n) is 7.13. The number of thioether (sulfide) groups is 1. The summed E-state index contributed by atoms with van der Waals surface area (Å²) in [6.07, 6.45) is 1.68. The van der Waals surface area contributed by atoms with Crippen molar-refractivity contribution in [2.24, 2.45) is 0 Å². The summed E-state index contributed by atoms with van der Waals surface area (Å²) in [5, 5.41) is 12.5. The van der Waals surface area contributed by atoms with Crippen LogP contribution in [0.2, 0.25) is 5.02 Å². The van der Waals surface area contributed by atoms with Gasteiger partial charge in [-0.3, -0.25) is 9.69 Å². The molecule has 33 heavy (non-hydrogen) atoms. The second kappa shape index (κ2) is 10.2. The molecule has 3 aromatic rings. The average molecular weight is 495 g/mol. The second-order valence-corrected chi connectivity index (χ2v) is 9.22. The van der Waals surface area contributed by atoms with E-state index < -0.39 is 17.9 Å². The molecule has 3 aromatic carbocycles. The summed E-state index contributed by atoms with van der Waals surface area (Å²) in [7, 11) is 0. The molecule has 1 saturated heterocycles. The van der Waals surface area contributed by atoms with Crippen molar-refractivity contribution in [2.75, 3.05) is 0 Å². The molecule has 0 N–H and O–H groups in total. The van der Waals surface area contributed by atoms with Crippen LogP contribution in [-0.2, 0) is 16.2 Å². The number of aliphatic carboxylic acids is 1. The van der Waals surface area contributed by atoms with Gasteiger partial charge in [-0.1, -0.05) is 96.2 Å². The lowest BCUT2D eigenvalue weighted by molar-refractivity contribution is -0.310. The summed E-state index contributed by atoms with van der Waals surface area (Å²) in [5.41, 5.74) is 2.06. The highest BCUT2D eigenvalue weighted by Crippen LogP contribution is 2.38. The standard InChI is InChI=1S/C25H18ClNO4S2/c26-20-9-5-4-8-18(20)15-31-19-12-10-16(11-13-19)14-21-23(28)27(25(32)33-21)22(24(29)30)17-6-2-1-3-7-17/h1-14,22H,15H2,(H,29,30)/p-1/b21-14-/t22-/m1/s1. The zero-order valence-corrected chi connectivity index (χ0v) is 19.5. The van der Waals surface area contributed by atoms with E-state index in [2.05, 4.69) is 0 Å². The quantitative estimate of drug-likeness (QED) is 0.353. The van der Waals surface area contributed by atoms with Crippen molar-refractivity contribution >= 4 is 57.9 Å². The van der Waals surface area contributed by atoms with Gasteiger partial charge in [0.05, 0.1) is 10.9 Å². The molecular weight excluding hydrogens is 478 g/mol. The maximum atomic E-state index is 13.0. The summed E-state index contributed by atoms with van der Waals surface area (Å²) < 4.78 is 5.95. The van der Waals surface area contributed by atoms with Gasteiger partial charge in [-0.15, -0.1) is 0 Å². The summed E-state index contributed by atoms with van der Waals surface area (Å²) in [6.45, 7) is 0.335. The Bertz CT molecular complexity index is 1230. The molecule has 0 saturated carbocycles. The van der Waals surface area contributed by atoms with Crippen LogP contribution in [0.4, 0.5) is 0 Å². The summed E-state index contributed by atoms with van der Waals surface area (Å²) in [5.74, 6) is -1.21. The number of hydrogen-bond acceptors (Lipinski definition) is 6. The number of carboxylic acid groups (broad SMARTS) is 1. The fourth-order valence-corrected chi connectivity index (χ4v) is 4.82. The first-order chi connectivity index (χ1) is 15.9. The number of hydrogen-bond donors (Lipinski definition) is 0. The van der Waals surface area contributed by atoms with E-state index in [0.29, 0.717) is 27.8 Å². The molecule has 5 nitrogen and oxygen atoms in total. The number of thiocarbonyl (C=S) groups is 1. The SMILES string of the molecule is O=C([O-])[C@@H](c1ccccc1)N1C(=O)/C(=C/c2ccc(OCc3ccccc3Cl)cc2)SC1=S. The van der Waals surface area contributed by atoms with E-state index in [-0.39, 0.29) is 4.32 Å². The van der Waals surface area contributed by atoms with Crippen LogP contribution < -0.4 is 9.84 Å². The van der Waals surface area contributed by atoms with Crippen LogP contribution in [0.1, 0.15) is 22.7 Å². The Labute approximate surface area is 205 Å². The normalized spacial score (nSPS) is 15.7. The number of halogens is 1. The molecule has 1 aliphatic rings. The number of rotatable bonds is 7. The van der Waals surface area contributed by atoms with Gasteiger partial charge < -0.3 is 14.6 Å². The summed E-state index contributed by atoms with van der Waals surface area (Å²) in [4.78, 5) is 26.3. The van der Waals surface area contributed by atoms with E-state index in [1.54, 1.807) is 48.5 Å². The van der Waals surface area contributed by atoms with Crippen molar-refractivity contribution in [1.82, 2.24) is 4.90 Å². The molecule has 1 atom stereocenters. The molecule has 1 heterocycles. The number of carboxylic acids is 1. The minimum absolute atomic E-state index is 0.170. The average Bonchev–Trinajstić information content (AvgIpc) is 3.08. The Hall–Kier alpha value is -3.13. The topological polar surface area (TPSA) is 69.7 Å². The minimum Gasteiger partial charge on any atom is -0.547 e. The number of benzene rings is 3. The van der Waals surface area contributed by atoms with Crippen molar-refractivity contribution in [3.05, 3.63) is 105 Å². The number of carbonyl (C=O) groups is 2.